The Morgan fingerprint density at radius 3 is 2.87 bits per heavy atom. The van der Waals surface area contributed by atoms with E-state index in [9.17, 15) is 9.59 Å². The molecule has 0 bridgehead atoms. The zero-order chi connectivity index (χ0) is 15.6. The number of benzene rings is 1. The number of carbonyl (C=O) groups is 2. The highest BCUT2D eigenvalue weighted by molar-refractivity contribution is 6.12. The summed E-state index contributed by atoms with van der Waals surface area (Å²) in [5.41, 5.74) is 3.34. The van der Waals surface area contributed by atoms with Crippen molar-refractivity contribution in [2.75, 3.05) is 0 Å². The van der Waals surface area contributed by atoms with Crippen molar-refractivity contribution in [3.8, 4) is 0 Å². The fraction of sp³-hybridized carbons (Fsp3) is 0.316. The Kier molecular flexibility index (Phi) is 2.55. The number of hydrogen-bond donors (Lipinski definition) is 0. The topological polar surface area (TPSA) is 60.2 Å². The predicted molar refractivity (Wildman–Crippen MR) is 82.2 cm³/mol. The van der Waals surface area contributed by atoms with Gasteiger partial charge in [-0.1, -0.05) is 35.5 Å². The molecule has 1 aromatic carbocycles. The number of Topliss-reactive ketones (excluding diaryl/α,β-unsaturated/α-hetero) is 2. The first-order valence-corrected chi connectivity index (χ1v) is 8.04. The summed E-state index contributed by atoms with van der Waals surface area (Å²) >= 11 is 0. The molecule has 1 heterocycles. The number of carbonyl (C=O) groups excluding carboxylic acids is 2. The third-order valence-electron chi connectivity index (χ3n) is 5.55. The minimum absolute atomic E-state index is 0.0510. The van der Waals surface area contributed by atoms with Crippen LogP contribution in [0.2, 0.25) is 0 Å². The summed E-state index contributed by atoms with van der Waals surface area (Å²) in [5.74, 6) is 1.08. The van der Waals surface area contributed by atoms with Crippen LogP contribution in [0.3, 0.4) is 0 Å². The van der Waals surface area contributed by atoms with Crippen molar-refractivity contribution in [1.82, 2.24) is 5.16 Å². The molecule has 4 heteroatoms. The summed E-state index contributed by atoms with van der Waals surface area (Å²) < 4.78 is 5.23. The Bertz CT molecular complexity index is 876. The zero-order valence-electron chi connectivity index (χ0n) is 12.5. The van der Waals surface area contributed by atoms with Gasteiger partial charge in [0.15, 0.2) is 11.6 Å². The van der Waals surface area contributed by atoms with Crippen molar-refractivity contribution in [1.29, 1.82) is 0 Å². The van der Waals surface area contributed by atoms with Gasteiger partial charge in [-0.3, -0.25) is 9.59 Å². The Balaban J connectivity index is 1.60. The number of aromatic nitrogens is 1. The number of rotatable bonds is 0. The molecule has 0 radical (unpaired) electrons. The summed E-state index contributed by atoms with van der Waals surface area (Å²) in [5, 5.41) is 3.77. The summed E-state index contributed by atoms with van der Waals surface area (Å²) in [4.78, 5) is 25.5. The van der Waals surface area contributed by atoms with Crippen LogP contribution in [0.4, 0.5) is 0 Å². The van der Waals surface area contributed by atoms with Crippen LogP contribution < -0.4 is 0 Å². The molecular weight excluding hydrogens is 290 g/mol. The molecule has 5 rings (SSSR count). The first-order valence-electron chi connectivity index (χ1n) is 8.04. The van der Waals surface area contributed by atoms with E-state index in [0.717, 1.165) is 36.0 Å². The fourth-order valence-corrected chi connectivity index (χ4v) is 4.43. The molecular formula is C19H15NO3. The first-order chi connectivity index (χ1) is 11.2. The molecule has 0 fully saturated rings. The third-order valence-corrected chi connectivity index (χ3v) is 5.55. The summed E-state index contributed by atoms with van der Waals surface area (Å²) in [6, 6.07) is 7.81. The smallest absolute Gasteiger partial charge is 0.189 e. The SMILES string of the molecule is O=C1C2=CC3C(=O)c4cnoc4CC3CC2Cc2ccccc21. The van der Waals surface area contributed by atoms with Crippen LogP contribution >= 0.6 is 0 Å². The largest absolute Gasteiger partial charge is 0.361 e. The van der Waals surface area contributed by atoms with Gasteiger partial charge in [-0.25, -0.2) is 0 Å². The Hall–Kier alpha value is -2.49. The lowest BCUT2D eigenvalue weighted by Crippen LogP contribution is -2.38. The molecule has 0 aliphatic heterocycles. The third kappa shape index (κ3) is 1.75. The van der Waals surface area contributed by atoms with E-state index in [2.05, 4.69) is 5.16 Å². The lowest BCUT2D eigenvalue weighted by Gasteiger charge is -2.38. The predicted octanol–water partition coefficient (Wildman–Crippen LogP) is 3.03. The van der Waals surface area contributed by atoms with Crippen LogP contribution in [-0.4, -0.2) is 16.7 Å². The minimum atomic E-state index is -0.206. The molecule has 3 aliphatic carbocycles. The maximum Gasteiger partial charge on any atom is 0.189 e. The second kappa shape index (κ2) is 4.51. The minimum Gasteiger partial charge on any atom is -0.361 e. The lowest BCUT2D eigenvalue weighted by molar-refractivity contribution is 0.0851. The standard InChI is InChI=1S/C19H15NO3/c21-18-13-4-2-1-3-10(13)5-11-6-12-7-17-16(9-20-23-17)19(22)15(12)8-14(11)18/h1-4,8-9,11-12,15H,5-7H2. The van der Waals surface area contributed by atoms with Crippen LogP contribution in [0.25, 0.3) is 0 Å². The molecule has 3 unspecified atom stereocenters. The average Bonchev–Trinajstić information content (AvgIpc) is 3.03. The van der Waals surface area contributed by atoms with E-state index in [1.54, 1.807) is 0 Å². The molecule has 0 N–H and O–H groups in total. The van der Waals surface area contributed by atoms with Crippen molar-refractivity contribution in [2.45, 2.75) is 19.3 Å². The van der Waals surface area contributed by atoms with Gasteiger partial charge in [-0.15, -0.1) is 0 Å². The van der Waals surface area contributed by atoms with Gasteiger partial charge in [0.2, 0.25) is 0 Å². The quantitative estimate of drug-likeness (QED) is 0.750. The van der Waals surface area contributed by atoms with Gasteiger partial charge in [0, 0.05) is 23.5 Å². The van der Waals surface area contributed by atoms with Gasteiger partial charge < -0.3 is 4.52 Å². The second-order valence-corrected chi connectivity index (χ2v) is 6.76. The van der Waals surface area contributed by atoms with Crippen LogP contribution in [-0.2, 0) is 12.8 Å². The monoisotopic (exact) mass is 305 g/mol. The van der Waals surface area contributed by atoms with Gasteiger partial charge in [0.25, 0.3) is 0 Å². The van der Waals surface area contributed by atoms with Crippen LogP contribution in [0.5, 0.6) is 0 Å². The highest BCUT2D eigenvalue weighted by Crippen LogP contribution is 2.44. The zero-order valence-corrected chi connectivity index (χ0v) is 12.5. The van der Waals surface area contributed by atoms with Gasteiger partial charge in [-0.05, 0) is 30.2 Å². The molecule has 1 aromatic heterocycles. The lowest BCUT2D eigenvalue weighted by atomic mass is 9.64. The Morgan fingerprint density at radius 2 is 1.96 bits per heavy atom. The van der Waals surface area contributed by atoms with Gasteiger partial charge >= 0.3 is 0 Å². The van der Waals surface area contributed by atoms with E-state index in [1.165, 1.54) is 6.20 Å². The molecule has 0 saturated heterocycles. The summed E-state index contributed by atoms with van der Waals surface area (Å²) in [7, 11) is 0. The Morgan fingerprint density at radius 1 is 1.09 bits per heavy atom. The van der Waals surface area contributed by atoms with Crippen LogP contribution in [0, 0.1) is 17.8 Å². The van der Waals surface area contributed by atoms with Gasteiger partial charge in [0.1, 0.15) is 5.76 Å². The number of nitrogens with zero attached hydrogens (tertiary/aromatic N) is 1. The van der Waals surface area contributed by atoms with E-state index >= 15 is 0 Å². The molecule has 4 nitrogen and oxygen atoms in total. The van der Waals surface area contributed by atoms with Gasteiger partial charge in [0.05, 0.1) is 11.8 Å². The van der Waals surface area contributed by atoms with Crippen molar-refractivity contribution >= 4 is 11.6 Å². The van der Waals surface area contributed by atoms with Crippen LogP contribution in [0.15, 0.2) is 46.6 Å². The summed E-state index contributed by atoms with van der Waals surface area (Å²) in [6.45, 7) is 0. The number of fused-ring (bicyclic) bond motifs is 4. The normalized spacial score (nSPS) is 28.3. The van der Waals surface area contributed by atoms with Crippen molar-refractivity contribution in [2.24, 2.45) is 17.8 Å². The first kappa shape index (κ1) is 13.0. The molecule has 0 saturated carbocycles. The number of allylic oxidation sites excluding steroid dienone is 2. The highest BCUT2D eigenvalue weighted by Gasteiger charge is 2.44. The molecule has 2 aromatic rings. The molecule has 0 spiro atoms. The maximum absolute atomic E-state index is 12.8. The number of ketones is 2. The van der Waals surface area contributed by atoms with Crippen molar-refractivity contribution < 1.29 is 14.1 Å². The van der Waals surface area contributed by atoms with E-state index in [0.29, 0.717) is 11.3 Å². The number of hydrogen-bond acceptors (Lipinski definition) is 4. The van der Waals surface area contributed by atoms with E-state index in [4.69, 9.17) is 4.52 Å². The molecule has 114 valence electrons. The molecule has 0 amide bonds. The maximum atomic E-state index is 12.8. The fourth-order valence-electron chi connectivity index (χ4n) is 4.43. The average molecular weight is 305 g/mol. The Labute approximate surface area is 133 Å². The highest BCUT2D eigenvalue weighted by atomic mass is 16.5. The molecule has 3 aliphatic rings. The second-order valence-electron chi connectivity index (χ2n) is 6.76. The van der Waals surface area contributed by atoms with Gasteiger partial charge in [-0.2, -0.15) is 0 Å². The van der Waals surface area contributed by atoms with E-state index in [-0.39, 0.29) is 29.3 Å². The molecule has 3 atom stereocenters. The van der Waals surface area contributed by atoms with E-state index < -0.39 is 0 Å². The van der Waals surface area contributed by atoms with E-state index in [1.807, 2.05) is 30.3 Å². The van der Waals surface area contributed by atoms with Crippen molar-refractivity contribution in [3.63, 3.8) is 0 Å². The molecule has 23 heavy (non-hydrogen) atoms. The van der Waals surface area contributed by atoms with Crippen molar-refractivity contribution in [3.05, 3.63) is 64.6 Å². The van der Waals surface area contributed by atoms with Crippen LogP contribution in [0.1, 0.15) is 38.5 Å². The summed E-state index contributed by atoms with van der Waals surface area (Å²) in [6.07, 6.45) is 5.94.